The number of ether oxygens (including phenoxy) is 2. The number of amides is 1. The Bertz CT molecular complexity index is 1020. The Morgan fingerprint density at radius 3 is 2.81 bits per heavy atom. The van der Waals surface area contributed by atoms with Gasteiger partial charge in [0.2, 0.25) is 6.79 Å². The van der Waals surface area contributed by atoms with Crippen molar-refractivity contribution in [2.24, 2.45) is 0 Å². The van der Waals surface area contributed by atoms with Gasteiger partial charge in [0.05, 0.1) is 5.02 Å². The monoisotopic (exact) mass is 382 g/mol. The minimum Gasteiger partial charge on any atom is -0.454 e. The quantitative estimate of drug-likeness (QED) is 0.706. The number of nitrogens with one attached hydrogen (secondary N) is 1. The van der Waals surface area contributed by atoms with Crippen molar-refractivity contribution in [3.05, 3.63) is 58.7 Å². The van der Waals surface area contributed by atoms with Gasteiger partial charge in [-0.3, -0.25) is 4.79 Å². The molecule has 0 radical (unpaired) electrons. The minimum absolute atomic E-state index is 0.00687. The van der Waals surface area contributed by atoms with Crippen LogP contribution in [0.5, 0.6) is 11.5 Å². The number of benzene rings is 2. The molecule has 138 valence electrons. The maximum Gasteiger partial charge on any atom is 0.254 e. The zero-order valence-corrected chi connectivity index (χ0v) is 15.5. The molecule has 0 aliphatic carbocycles. The molecule has 3 heterocycles. The minimum atomic E-state index is -0.00687. The zero-order chi connectivity index (χ0) is 18.4. The number of H-pyrrole nitrogens is 1. The molecular formula is C21H19ClN2O3. The fourth-order valence-electron chi connectivity index (χ4n) is 4.10. The summed E-state index contributed by atoms with van der Waals surface area (Å²) in [6.07, 6.45) is 4.02. The first-order valence-electron chi connectivity index (χ1n) is 9.15. The number of carbonyl (C=O) groups excluding carboxylic acids is 1. The van der Waals surface area contributed by atoms with Crippen molar-refractivity contribution < 1.29 is 14.3 Å². The summed E-state index contributed by atoms with van der Waals surface area (Å²) in [5, 5.41) is 1.70. The normalized spacial score (nSPS) is 16.9. The average Bonchev–Trinajstić information content (AvgIpc) is 3.35. The number of halogens is 1. The van der Waals surface area contributed by atoms with E-state index >= 15 is 0 Å². The Hall–Kier alpha value is -2.66. The lowest BCUT2D eigenvalue weighted by molar-refractivity contribution is 0.0713. The van der Waals surface area contributed by atoms with Crippen LogP contribution < -0.4 is 9.47 Å². The van der Waals surface area contributed by atoms with Crippen LogP contribution in [0.25, 0.3) is 10.9 Å². The molecule has 0 spiro atoms. The Labute approximate surface area is 161 Å². The second kappa shape index (κ2) is 6.50. The van der Waals surface area contributed by atoms with Crippen molar-refractivity contribution >= 4 is 28.4 Å². The third-order valence-corrected chi connectivity index (χ3v) is 5.80. The van der Waals surface area contributed by atoms with E-state index in [0.717, 1.165) is 25.9 Å². The molecule has 0 atom stereocenters. The van der Waals surface area contributed by atoms with Crippen LogP contribution in [0.3, 0.4) is 0 Å². The smallest absolute Gasteiger partial charge is 0.254 e. The van der Waals surface area contributed by atoms with Gasteiger partial charge >= 0.3 is 0 Å². The molecule has 1 saturated heterocycles. The summed E-state index contributed by atoms with van der Waals surface area (Å²) < 4.78 is 10.7. The van der Waals surface area contributed by atoms with E-state index in [-0.39, 0.29) is 12.7 Å². The maximum absolute atomic E-state index is 12.9. The number of rotatable bonds is 2. The van der Waals surface area contributed by atoms with Gasteiger partial charge in [0.1, 0.15) is 0 Å². The molecule has 27 heavy (non-hydrogen) atoms. The van der Waals surface area contributed by atoms with Crippen molar-refractivity contribution in [3.8, 4) is 11.5 Å². The fourth-order valence-corrected chi connectivity index (χ4v) is 4.36. The first-order valence-corrected chi connectivity index (χ1v) is 9.53. The van der Waals surface area contributed by atoms with Gasteiger partial charge in [0.25, 0.3) is 5.91 Å². The summed E-state index contributed by atoms with van der Waals surface area (Å²) in [5.74, 6) is 1.52. The van der Waals surface area contributed by atoms with E-state index in [9.17, 15) is 4.79 Å². The van der Waals surface area contributed by atoms with E-state index in [1.54, 1.807) is 12.1 Å². The summed E-state index contributed by atoms with van der Waals surface area (Å²) in [7, 11) is 0. The van der Waals surface area contributed by atoms with Crippen molar-refractivity contribution in [3.63, 3.8) is 0 Å². The highest BCUT2D eigenvalue weighted by atomic mass is 35.5. The van der Waals surface area contributed by atoms with Crippen LogP contribution in [0.2, 0.25) is 5.02 Å². The molecule has 1 fully saturated rings. The lowest BCUT2D eigenvalue weighted by Crippen LogP contribution is -2.37. The lowest BCUT2D eigenvalue weighted by Gasteiger charge is -2.32. The van der Waals surface area contributed by atoms with Crippen LogP contribution in [0.4, 0.5) is 0 Å². The number of para-hydroxylation sites is 1. The molecule has 3 aromatic rings. The van der Waals surface area contributed by atoms with E-state index in [4.69, 9.17) is 21.1 Å². The number of carbonyl (C=O) groups is 1. The van der Waals surface area contributed by atoms with Crippen LogP contribution in [0, 0.1) is 0 Å². The standard InChI is InChI=1S/C21H19ClN2O3/c22-17-9-14(10-19-20(17)27-12-26-19)21(25)24-7-5-13(6-8-24)16-11-23-18-4-2-1-3-15(16)18/h1-4,9-11,13,23H,5-8,12H2. The Morgan fingerprint density at radius 2 is 1.96 bits per heavy atom. The largest absolute Gasteiger partial charge is 0.454 e. The van der Waals surface area contributed by atoms with Crippen LogP contribution in [0.1, 0.15) is 34.7 Å². The highest BCUT2D eigenvalue weighted by Gasteiger charge is 2.28. The topological polar surface area (TPSA) is 54.6 Å². The molecule has 0 saturated carbocycles. The molecule has 1 amide bonds. The summed E-state index contributed by atoms with van der Waals surface area (Å²) >= 11 is 6.22. The molecule has 0 bridgehead atoms. The number of hydrogen-bond donors (Lipinski definition) is 1. The Kier molecular flexibility index (Phi) is 3.97. The van der Waals surface area contributed by atoms with Gasteiger partial charge in [-0.15, -0.1) is 0 Å². The summed E-state index contributed by atoms with van der Waals surface area (Å²) in [4.78, 5) is 18.2. The van der Waals surface area contributed by atoms with Crippen LogP contribution >= 0.6 is 11.6 Å². The van der Waals surface area contributed by atoms with E-state index in [2.05, 4.69) is 29.4 Å². The number of aromatic nitrogens is 1. The summed E-state index contributed by atoms with van der Waals surface area (Å²) in [6.45, 7) is 1.60. The van der Waals surface area contributed by atoms with Crippen molar-refractivity contribution in [1.82, 2.24) is 9.88 Å². The molecule has 2 aliphatic rings. The SMILES string of the molecule is O=C(c1cc(Cl)c2c(c1)OCO2)N1CCC(c2c[nH]c3ccccc23)CC1. The van der Waals surface area contributed by atoms with E-state index in [0.29, 0.717) is 28.0 Å². The van der Waals surface area contributed by atoms with Gasteiger partial charge < -0.3 is 19.4 Å². The molecule has 5 rings (SSSR count). The number of aromatic amines is 1. The van der Waals surface area contributed by atoms with Gasteiger partial charge in [-0.1, -0.05) is 29.8 Å². The number of fused-ring (bicyclic) bond motifs is 2. The second-order valence-corrected chi connectivity index (χ2v) is 7.46. The van der Waals surface area contributed by atoms with Gasteiger partial charge in [0.15, 0.2) is 11.5 Å². The number of nitrogens with zero attached hydrogens (tertiary/aromatic N) is 1. The lowest BCUT2D eigenvalue weighted by atomic mass is 9.89. The highest BCUT2D eigenvalue weighted by molar-refractivity contribution is 6.32. The van der Waals surface area contributed by atoms with Crippen molar-refractivity contribution in [1.29, 1.82) is 0 Å². The van der Waals surface area contributed by atoms with E-state index < -0.39 is 0 Å². The molecular weight excluding hydrogens is 364 g/mol. The third-order valence-electron chi connectivity index (χ3n) is 5.52. The van der Waals surface area contributed by atoms with Crippen LogP contribution in [-0.4, -0.2) is 35.7 Å². The average molecular weight is 383 g/mol. The second-order valence-electron chi connectivity index (χ2n) is 7.05. The summed E-state index contributed by atoms with van der Waals surface area (Å²) in [5.41, 5.74) is 3.07. The Morgan fingerprint density at radius 1 is 1.15 bits per heavy atom. The fraction of sp³-hybridized carbons (Fsp3) is 0.286. The Balaban J connectivity index is 1.32. The molecule has 1 aromatic heterocycles. The molecule has 2 aromatic carbocycles. The number of likely N-dealkylation sites (tertiary alicyclic amines) is 1. The number of hydrogen-bond acceptors (Lipinski definition) is 3. The number of piperidine rings is 1. The summed E-state index contributed by atoms with van der Waals surface area (Å²) in [6, 6.07) is 11.8. The highest BCUT2D eigenvalue weighted by Crippen LogP contribution is 2.40. The molecule has 6 heteroatoms. The predicted octanol–water partition coefficient (Wildman–Crippen LogP) is 4.57. The van der Waals surface area contributed by atoms with Crippen LogP contribution in [-0.2, 0) is 0 Å². The van der Waals surface area contributed by atoms with Gasteiger partial charge in [-0.25, -0.2) is 0 Å². The molecule has 1 N–H and O–H groups in total. The molecule has 0 unspecified atom stereocenters. The van der Waals surface area contributed by atoms with E-state index in [1.165, 1.54) is 16.5 Å². The van der Waals surface area contributed by atoms with Gasteiger partial charge in [-0.05, 0) is 42.5 Å². The third kappa shape index (κ3) is 2.82. The van der Waals surface area contributed by atoms with Gasteiger partial charge in [-0.2, -0.15) is 0 Å². The predicted molar refractivity (Wildman–Crippen MR) is 104 cm³/mol. The van der Waals surface area contributed by atoms with Crippen molar-refractivity contribution in [2.45, 2.75) is 18.8 Å². The van der Waals surface area contributed by atoms with Crippen LogP contribution in [0.15, 0.2) is 42.6 Å². The van der Waals surface area contributed by atoms with Crippen molar-refractivity contribution in [2.75, 3.05) is 19.9 Å². The zero-order valence-electron chi connectivity index (χ0n) is 14.7. The first kappa shape index (κ1) is 16.5. The first-order chi connectivity index (χ1) is 13.2. The van der Waals surface area contributed by atoms with E-state index in [1.807, 2.05) is 11.0 Å². The molecule has 5 nitrogen and oxygen atoms in total. The maximum atomic E-state index is 12.9. The molecule has 2 aliphatic heterocycles. The van der Waals surface area contributed by atoms with Gasteiger partial charge in [0, 0.05) is 35.8 Å².